The molecule has 0 radical (unpaired) electrons. The number of ether oxygens (including phenoxy) is 1. The molecule has 0 aliphatic rings. The Morgan fingerprint density at radius 1 is 1.19 bits per heavy atom. The maximum atomic E-state index is 12.1. The van der Waals surface area contributed by atoms with Crippen molar-refractivity contribution in [2.24, 2.45) is 0 Å². The molecule has 0 saturated heterocycles. The second kappa shape index (κ2) is 8.19. The molecule has 0 aliphatic heterocycles. The molecule has 1 aromatic carbocycles. The highest BCUT2D eigenvalue weighted by molar-refractivity contribution is 7.89. The maximum Gasteiger partial charge on any atom is 0.307 e. The fraction of sp³-hybridized carbons (Fsp3) is 0.222. The van der Waals surface area contributed by atoms with Crippen molar-refractivity contribution < 1.29 is 26.9 Å². The summed E-state index contributed by atoms with van der Waals surface area (Å²) in [6.07, 6.45) is 1.41. The van der Waals surface area contributed by atoms with Crippen LogP contribution in [0.4, 0.5) is 0 Å². The van der Waals surface area contributed by atoms with Gasteiger partial charge in [-0.2, -0.15) is 0 Å². The lowest BCUT2D eigenvalue weighted by molar-refractivity contribution is -0.144. The normalized spacial score (nSPS) is 11.4. The molecule has 0 fully saturated rings. The van der Waals surface area contributed by atoms with Gasteiger partial charge in [-0.3, -0.25) is 4.79 Å². The SMILES string of the molecule is Cc1ccc(S(=O)(=O)NCCC(=O)OCc2cc(-c3ccco3)on2)cc1. The van der Waals surface area contributed by atoms with Crippen LogP contribution in [0.1, 0.15) is 17.7 Å². The summed E-state index contributed by atoms with van der Waals surface area (Å²) in [5.41, 5.74) is 1.38. The van der Waals surface area contributed by atoms with Crippen LogP contribution in [0.15, 0.2) is 62.6 Å². The zero-order valence-corrected chi connectivity index (χ0v) is 15.4. The molecule has 0 unspecified atom stereocenters. The van der Waals surface area contributed by atoms with Gasteiger partial charge in [-0.25, -0.2) is 13.1 Å². The number of nitrogens with one attached hydrogen (secondary N) is 1. The summed E-state index contributed by atoms with van der Waals surface area (Å²) in [5.74, 6) is 0.395. The first-order valence-corrected chi connectivity index (χ1v) is 9.64. The highest BCUT2D eigenvalue weighted by atomic mass is 32.2. The number of nitrogens with zero attached hydrogens (tertiary/aromatic N) is 1. The highest BCUT2D eigenvalue weighted by Crippen LogP contribution is 2.20. The highest BCUT2D eigenvalue weighted by Gasteiger charge is 2.15. The summed E-state index contributed by atoms with van der Waals surface area (Å²) in [6.45, 7) is 1.73. The van der Waals surface area contributed by atoms with Gasteiger partial charge < -0.3 is 13.7 Å². The van der Waals surface area contributed by atoms with Gasteiger partial charge in [-0.15, -0.1) is 0 Å². The van der Waals surface area contributed by atoms with Gasteiger partial charge in [-0.1, -0.05) is 22.9 Å². The first-order chi connectivity index (χ1) is 12.9. The number of sulfonamides is 1. The third-order valence-electron chi connectivity index (χ3n) is 3.66. The Kier molecular flexibility index (Phi) is 5.72. The number of rotatable bonds is 8. The standard InChI is InChI=1S/C18H18N2O6S/c1-13-4-6-15(7-5-13)27(22,23)19-9-8-18(21)25-12-14-11-17(26-20-14)16-3-2-10-24-16/h2-7,10-11,19H,8-9,12H2,1H3. The van der Waals surface area contributed by atoms with E-state index in [1.165, 1.54) is 18.4 Å². The lowest BCUT2D eigenvalue weighted by Crippen LogP contribution is -2.26. The van der Waals surface area contributed by atoms with Gasteiger partial charge in [0.15, 0.2) is 5.76 Å². The van der Waals surface area contributed by atoms with Crippen LogP contribution < -0.4 is 4.72 Å². The third-order valence-corrected chi connectivity index (χ3v) is 5.13. The average molecular weight is 390 g/mol. The molecule has 0 spiro atoms. The van der Waals surface area contributed by atoms with Crippen molar-refractivity contribution in [3.8, 4) is 11.5 Å². The van der Waals surface area contributed by atoms with Crippen LogP contribution in [-0.4, -0.2) is 26.1 Å². The molecule has 0 atom stereocenters. The predicted octanol–water partition coefficient (Wildman–Crippen LogP) is 2.65. The van der Waals surface area contributed by atoms with Crippen molar-refractivity contribution in [3.05, 3.63) is 60.0 Å². The maximum absolute atomic E-state index is 12.1. The number of benzene rings is 1. The molecule has 1 N–H and O–H groups in total. The molecule has 2 heterocycles. The minimum Gasteiger partial charge on any atom is -0.461 e. The van der Waals surface area contributed by atoms with E-state index in [2.05, 4.69) is 9.88 Å². The number of carbonyl (C=O) groups excluding carboxylic acids is 1. The van der Waals surface area contributed by atoms with Gasteiger partial charge in [0.1, 0.15) is 12.3 Å². The van der Waals surface area contributed by atoms with E-state index >= 15 is 0 Å². The Balaban J connectivity index is 1.44. The van der Waals surface area contributed by atoms with Gasteiger partial charge in [0.25, 0.3) is 0 Å². The molecular formula is C18H18N2O6S. The zero-order chi connectivity index (χ0) is 19.3. The summed E-state index contributed by atoms with van der Waals surface area (Å²) < 4.78 is 42.0. The van der Waals surface area contributed by atoms with E-state index in [4.69, 9.17) is 13.7 Å². The van der Waals surface area contributed by atoms with Gasteiger partial charge in [0.05, 0.1) is 17.6 Å². The van der Waals surface area contributed by atoms with Crippen LogP contribution in [0.25, 0.3) is 11.5 Å². The van der Waals surface area contributed by atoms with Crippen molar-refractivity contribution >= 4 is 16.0 Å². The molecule has 0 bridgehead atoms. The van der Waals surface area contributed by atoms with E-state index < -0.39 is 16.0 Å². The van der Waals surface area contributed by atoms with Gasteiger partial charge in [0, 0.05) is 12.6 Å². The molecule has 27 heavy (non-hydrogen) atoms. The summed E-state index contributed by atoms with van der Waals surface area (Å²) in [7, 11) is -3.66. The molecular weight excluding hydrogens is 372 g/mol. The molecule has 0 amide bonds. The van der Waals surface area contributed by atoms with Gasteiger partial charge in [-0.05, 0) is 31.2 Å². The number of carbonyl (C=O) groups is 1. The van der Waals surface area contributed by atoms with Crippen LogP contribution in [0.2, 0.25) is 0 Å². The molecule has 0 aliphatic carbocycles. The number of aryl methyl sites for hydroxylation is 1. The van der Waals surface area contributed by atoms with E-state index in [1.54, 1.807) is 30.3 Å². The minimum atomic E-state index is -3.66. The monoisotopic (exact) mass is 390 g/mol. The number of aromatic nitrogens is 1. The van der Waals surface area contributed by atoms with E-state index in [0.29, 0.717) is 17.2 Å². The van der Waals surface area contributed by atoms with Crippen LogP contribution in [0.3, 0.4) is 0 Å². The molecule has 3 aromatic rings. The summed E-state index contributed by atoms with van der Waals surface area (Å²) in [6, 6.07) is 11.5. The van der Waals surface area contributed by atoms with Crippen LogP contribution in [0, 0.1) is 6.92 Å². The third kappa shape index (κ3) is 5.05. The van der Waals surface area contributed by atoms with Crippen molar-refractivity contribution in [1.29, 1.82) is 0 Å². The quantitative estimate of drug-likeness (QED) is 0.589. The Labute approximate surface area is 156 Å². The molecule has 142 valence electrons. The second-order valence-corrected chi connectivity index (χ2v) is 7.55. The summed E-state index contributed by atoms with van der Waals surface area (Å²) in [4.78, 5) is 11.9. The van der Waals surface area contributed by atoms with Crippen molar-refractivity contribution in [2.75, 3.05) is 6.54 Å². The number of esters is 1. The van der Waals surface area contributed by atoms with E-state index in [9.17, 15) is 13.2 Å². The Morgan fingerprint density at radius 3 is 2.67 bits per heavy atom. The van der Waals surface area contributed by atoms with E-state index in [1.807, 2.05) is 6.92 Å². The van der Waals surface area contributed by atoms with Crippen LogP contribution in [-0.2, 0) is 26.2 Å². The van der Waals surface area contributed by atoms with Gasteiger partial charge >= 0.3 is 5.97 Å². The lowest BCUT2D eigenvalue weighted by Gasteiger charge is -2.07. The summed E-state index contributed by atoms with van der Waals surface area (Å²) in [5, 5.41) is 3.79. The molecule has 9 heteroatoms. The summed E-state index contributed by atoms with van der Waals surface area (Å²) >= 11 is 0. The molecule has 0 saturated carbocycles. The largest absolute Gasteiger partial charge is 0.461 e. The number of furan rings is 1. The molecule has 3 rings (SSSR count). The minimum absolute atomic E-state index is 0.0640. The number of hydrogen-bond donors (Lipinski definition) is 1. The Bertz CT molecular complexity index is 991. The first-order valence-electron chi connectivity index (χ1n) is 8.15. The van der Waals surface area contributed by atoms with E-state index in [-0.39, 0.29) is 24.5 Å². The van der Waals surface area contributed by atoms with Crippen LogP contribution >= 0.6 is 0 Å². The van der Waals surface area contributed by atoms with E-state index in [0.717, 1.165) is 5.56 Å². The number of hydrogen-bond acceptors (Lipinski definition) is 7. The zero-order valence-electron chi connectivity index (χ0n) is 14.5. The Morgan fingerprint density at radius 2 is 1.96 bits per heavy atom. The van der Waals surface area contributed by atoms with Crippen LogP contribution in [0.5, 0.6) is 0 Å². The molecule has 2 aromatic heterocycles. The topological polar surface area (TPSA) is 112 Å². The van der Waals surface area contributed by atoms with Crippen molar-refractivity contribution in [2.45, 2.75) is 24.8 Å². The first kappa shape index (κ1) is 18.9. The second-order valence-electron chi connectivity index (χ2n) is 5.78. The fourth-order valence-corrected chi connectivity index (χ4v) is 3.26. The molecule has 8 nitrogen and oxygen atoms in total. The average Bonchev–Trinajstić information content (AvgIpc) is 3.32. The predicted molar refractivity (Wildman–Crippen MR) is 95.0 cm³/mol. The fourth-order valence-electron chi connectivity index (χ4n) is 2.23. The van der Waals surface area contributed by atoms with Crippen molar-refractivity contribution in [3.63, 3.8) is 0 Å². The van der Waals surface area contributed by atoms with Gasteiger partial charge in [0.2, 0.25) is 15.8 Å². The smallest absolute Gasteiger partial charge is 0.307 e. The Hall–Kier alpha value is -2.91. The van der Waals surface area contributed by atoms with Crippen molar-refractivity contribution in [1.82, 2.24) is 9.88 Å². The lowest BCUT2D eigenvalue weighted by atomic mass is 10.2.